The van der Waals surface area contributed by atoms with Crippen molar-refractivity contribution in [1.82, 2.24) is 0 Å². The number of hydrogen-bond donors (Lipinski definition) is 1. The van der Waals surface area contributed by atoms with Gasteiger partial charge in [0.1, 0.15) is 0 Å². The van der Waals surface area contributed by atoms with Gasteiger partial charge in [0.25, 0.3) is 5.91 Å². The van der Waals surface area contributed by atoms with E-state index in [1.165, 1.54) is 6.26 Å². The second kappa shape index (κ2) is 6.45. The van der Waals surface area contributed by atoms with Gasteiger partial charge in [0.2, 0.25) is 0 Å². The van der Waals surface area contributed by atoms with Crippen LogP contribution in [0.5, 0.6) is 0 Å². The predicted molar refractivity (Wildman–Crippen MR) is 96.9 cm³/mol. The van der Waals surface area contributed by atoms with Crippen molar-refractivity contribution >= 4 is 32.2 Å². The minimum absolute atomic E-state index is 0.0282. The van der Waals surface area contributed by atoms with E-state index in [1.54, 1.807) is 24.3 Å². The molecule has 0 aliphatic carbocycles. The van der Waals surface area contributed by atoms with Gasteiger partial charge in [-0.2, -0.15) is 0 Å². The summed E-state index contributed by atoms with van der Waals surface area (Å²) in [5.74, 6) is -0.254. The van der Waals surface area contributed by atoms with Crippen LogP contribution in [0.2, 0.25) is 0 Å². The summed E-state index contributed by atoms with van der Waals surface area (Å²) in [6.45, 7) is 0. The third-order valence-corrected chi connectivity index (χ3v) is 4.51. The number of hydrogen-bond acceptors (Lipinski definition) is 3. The van der Waals surface area contributed by atoms with E-state index in [-0.39, 0.29) is 11.7 Å². The summed E-state index contributed by atoms with van der Waals surface area (Å²) in [5.41, 5.74) is 1.87. The molecule has 0 spiro atoms. The SMILES string of the molecule is CS(=O)(=O)Cc1ccc(C(=O)Nc2ccc3ccccc3c2)cc1. The van der Waals surface area contributed by atoms with Gasteiger partial charge in [0.05, 0.1) is 5.75 Å². The van der Waals surface area contributed by atoms with Crippen LogP contribution in [0.3, 0.4) is 0 Å². The van der Waals surface area contributed by atoms with E-state index in [0.717, 1.165) is 16.5 Å². The topological polar surface area (TPSA) is 63.2 Å². The summed E-state index contributed by atoms with van der Waals surface area (Å²) in [6, 6.07) is 20.3. The largest absolute Gasteiger partial charge is 0.322 e. The highest BCUT2D eigenvalue weighted by molar-refractivity contribution is 7.89. The van der Waals surface area contributed by atoms with Crippen LogP contribution < -0.4 is 5.32 Å². The van der Waals surface area contributed by atoms with E-state index in [2.05, 4.69) is 5.32 Å². The molecule has 0 aliphatic heterocycles. The smallest absolute Gasteiger partial charge is 0.255 e. The summed E-state index contributed by atoms with van der Waals surface area (Å²) >= 11 is 0. The van der Waals surface area contributed by atoms with E-state index in [4.69, 9.17) is 0 Å². The Morgan fingerprint density at radius 1 is 0.917 bits per heavy atom. The standard InChI is InChI=1S/C19H17NO3S/c1-24(22,23)13-14-6-8-16(9-7-14)19(21)20-18-11-10-15-4-2-3-5-17(15)12-18/h2-12H,13H2,1H3,(H,20,21). The summed E-state index contributed by atoms with van der Waals surface area (Å²) in [6.07, 6.45) is 1.19. The van der Waals surface area contributed by atoms with Gasteiger partial charge >= 0.3 is 0 Å². The molecule has 0 saturated carbocycles. The highest BCUT2D eigenvalue weighted by atomic mass is 32.2. The van der Waals surface area contributed by atoms with Crippen molar-refractivity contribution < 1.29 is 13.2 Å². The van der Waals surface area contributed by atoms with Gasteiger partial charge in [0.15, 0.2) is 9.84 Å². The first-order chi connectivity index (χ1) is 11.4. The molecule has 0 aliphatic rings. The van der Waals surface area contributed by atoms with Crippen molar-refractivity contribution in [2.24, 2.45) is 0 Å². The fourth-order valence-corrected chi connectivity index (χ4v) is 3.32. The third-order valence-electron chi connectivity index (χ3n) is 3.65. The lowest BCUT2D eigenvalue weighted by Gasteiger charge is -2.07. The van der Waals surface area contributed by atoms with Crippen LogP contribution in [-0.4, -0.2) is 20.6 Å². The molecule has 3 rings (SSSR count). The third kappa shape index (κ3) is 4.00. The summed E-state index contributed by atoms with van der Waals surface area (Å²) in [7, 11) is -3.08. The zero-order valence-electron chi connectivity index (χ0n) is 13.2. The maximum atomic E-state index is 12.3. The van der Waals surface area contributed by atoms with Crippen molar-refractivity contribution in [3.8, 4) is 0 Å². The second-order valence-corrected chi connectivity index (χ2v) is 7.92. The Balaban J connectivity index is 1.76. The number of nitrogens with one attached hydrogen (secondary N) is 1. The number of amides is 1. The lowest BCUT2D eigenvalue weighted by Crippen LogP contribution is -2.12. The lowest BCUT2D eigenvalue weighted by molar-refractivity contribution is 0.102. The Hall–Kier alpha value is -2.66. The molecule has 0 saturated heterocycles. The van der Waals surface area contributed by atoms with Crippen molar-refractivity contribution in [3.63, 3.8) is 0 Å². The van der Waals surface area contributed by atoms with Crippen LogP contribution in [0.4, 0.5) is 5.69 Å². The minimum Gasteiger partial charge on any atom is -0.322 e. The molecule has 0 fully saturated rings. The van der Waals surface area contributed by atoms with E-state index in [0.29, 0.717) is 11.1 Å². The molecule has 0 unspecified atom stereocenters. The maximum Gasteiger partial charge on any atom is 0.255 e. The van der Waals surface area contributed by atoms with Crippen molar-refractivity contribution in [2.45, 2.75) is 5.75 Å². The summed E-state index contributed by atoms with van der Waals surface area (Å²) < 4.78 is 22.6. The molecule has 0 atom stereocenters. The number of rotatable bonds is 4. The molecule has 122 valence electrons. The summed E-state index contributed by atoms with van der Waals surface area (Å²) in [4.78, 5) is 12.3. The van der Waals surface area contributed by atoms with Crippen LogP contribution >= 0.6 is 0 Å². The lowest BCUT2D eigenvalue weighted by atomic mass is 10.1. The summed E-state index contributed by atoms with van der Waals surface area (Å²) in [5, 5.41) is 5.03. The molecule has 3 aromatic rings. The number of carbonyl (C=O) groups is 1. The van der Waals surface area contributed by atoms with Crippen molar-refractivity contribution in [1.29, 1.82) is 0 Å². The van der Waals surface area contributed by atoms with E-state index >= 15 is 0 Å². The number of sulfone groups is 1. The fraction of sp³-hybridized carbons (Fsp3) is 0.105. The monoisotopic (exact) mass is 339 g/mol. The van der Waals surface area contributed by atoms with Gasteiger partial charge < -0.3 is 5.32 Å². The van der Waals surface area contributed by atoms with E-state index < -0.39 is 9.84 Å². The fourth-order valence-electron chi connectivity index (χ4n) is 2.53. The average Bonchev–Trinajstić information content (AvgIpc) is 2.54. The van der Waals surface area contributed by atoms with Crippen LogP contribution in [0, 0.1) is 0 Å². The Labute approximate surface area is 141 Å². The minimum atomic E-state index is -3.08. The zero-order valence-corrected chi connectivity index (χ0v) is 14.0. The normalized spacial score (nSPS) is 11.4. The second-order valence-electron chi connectivity index (χ2n) is 5.78. The van der Waals surface area contributed by atoms with Crippen molar-refractivity contribution in [3.05, 3.63) is 77.9 Å². The predicted octanol–water partition coefficient (Wildman–Crippen LogP) is 3.64. The van der Waals surface area contributed by atoms with Gasteiger partial charge in [-0.1, -0.05) is 42.5 Å². The number of carbonyl (C=O) groups excluding carboxylic acids is 1. The molecular formula is C19H17NO3S. The molecule has 0 aromatic heterocycles. The van der Waals surface area contributed by atoms with Crippen LogP contribution in [0.25, 0.3) is 10.8 Å². The first-order valence-corrected chi connectivity index (χ1v) is 9.54. The molecular weight excluding hydrogens is 322 g/mol. The van der Waals surface area contributed by atoms with E-state index in [9.17, 15) is 13.2 Å². The first-order valence-electron chi connectivity index (χ1n) is 7.47. The number of fused-ring (bicyclic) bond motifs is 1. The average molecular weight is 339 g/mol. The molecule has 24 heavy (non-hydrogen) atoms. The molecule has 0 heterocycles. The molecule has 1 N–H and O–H groups in total. The Bertz CT molecular complexity index is 993. The highest BCUT2D eigenvalue weighted by Crippen LogP contribution is 2.19. The van der Waals surface area contributed by atoms with Crippen LogP contribution in [0.1, 0.15) is 15.9 Å². The molecule has 4 nitrogen and oxygen atoms in total. The van der Waals surface area contributed by atoms with Crippen LogP contribution in [-0.2, 0) is 15.6 Å². The highest BCUT2D eigenvalue weighted by Gasteiger charge is 2.08. The van der Waals surface area contributed by atoms with Gasteiger partial charge in [-0.15, -0.1) is 0 Å². The quantitative estimate of drug-likeness (QED) is 0.789. The molecule has 0 bridgehead atoms. The Kier molecular flexibility index (Phi) is 4.36. The first kappa shape index (κ1) is 16.2. The molecule has 1 amide bonds. The van der Waals surface area contributed by atoms with Gasteiger partial charge in [-0.05, 0) is 40.6 Å². The Morgan fingerprint density at radius 2 is 1.58 bits per heavy atom. The number of anilines is 1. The molecule has 0 radical (unpaired) electrons. The van der Waals surface area contributed by atoms with Gasteiger partial charge in [-0.3, -0.25) is 4.79 Å². The zero-order chi connectivity index (χ0) is 17.2. The Morgan fingerprint density at radius 3 is 2.25 bits per heavy atom. The van der Waals surface area contributed by atoms with E-state index in [1.807, 2.05) is 42.5 Å². The van der Waals surface area contributed by atoms with Crippen molar-refractivity contribution in [2.75, 3.05) is 11.6 Å². The van der Waals surface area contributed by atoms with Crippen LogP contribution in [0.15, 0.2) is 66.7 Å². The van der Waals surface area contributed by atoms with Gasteiger partial charge in [-0.25, -0.2) is 8.42 Å². The maximum absolute atomic E-state index is 12.3. The van der Waals surface area contributed by atoms with Gasteiger partial charge in [0, 0.05) is 17.5 Å². The molecule has 3 aromatic carbocycles. The molecule has 5 heteroatoms. The number of benzene rings is 3.